The van der Waals surface area contributed by atoms with Crippen molar-refractivity contribution in [1.82, 2.24) is 15.5 Å². The number of rotatable bonds is 6. The Labute approximate surface area is 118 Å². The number of hydrogen-bond donors (Lipinski definition) is 2. The van der Waals surface area contributed by atoms with E-state index >= 15 is 0 Å². The number of halogens is 3. The monoisotopic (exact) mass is 294 g/mol. The van der Waals surface area contributed by atoms with E-state index in [1.807, 2.05) is 0 Å². The van der Waals surface area contributed by atoms with Crippen LogP contribution in [0.2, 0.25) is 0 Å². The van der Waals surface area contributed by atoms with Crippen molar-refractivity contribution in [3.8, 4) is 0 Å². The molecule has 0 aromatic rings. The molecule has 1 rings (SSSR count). The maximum atomic E-state index is 12.1. The van der Waals surface area contributed by atoms with E-state index in [-0.39, 0.29) is 6.54 Å². The molecule has 1 atom stereocenters. The predicted molar refractivity (Wildman–Crippen MR) is 74.9 cm³/mol. The molecule has 2 N–H and O–H groups in total. The van der Waals surface area contributed by atoms with Crippen molar-refractivity contribution in [3.05, 3.63) is 0 Å². The molecule has 1 unspecified atom stereocenters. The number of alkyl halides is 3. The Morgan fingerprint density at radius 3 is 2.70 bits per heavy atom. The Bertz CT molecular complexity index is 304. The molecule has 1 fully saturated rings. The third-order valence-electron chi connectivity index (χ3n) is 3.39. The van der Waals surface area contributed by atoms with E-state index in [9.17, 15) is 13.2 Å². The van der Waals surface area contributed by atoms with E-state index in [1.165, 1.54) is 0 Å². The van der Waals surface area contributed by atoms with Gasteiger partial charge in [0.1, 0.15) is 0 Å². The highest BCUT2D eigenvalue weighted by Gasteiger charge is 2.26. The summed E-state index contributed by atoms with van der Waals surface area (Å²) in [4.78, 5) is 6.36. The summed E-state index contributed by atoms with van der Waals surface area (Å²) in [5, 5.41) is 5.80. The normalized spacial score (nSPS) is 21.2. The summed E-state index contributed by atoms with van der Waals surface area (Å²) in [7, 11) is 1.57. The minimum absolute atomic E-state index is 0.143. The lowest BCUT2D eigenvalue weighted by Crippen LogP contribution is -2.41. The highest BCUT2D eigenvalue weighted by Crippen LogP contribution is 2.18. The molecular weight excluding hydrogens is 269 g/mol. The van der Waals surface area contributed by atoms with Gasteiger partial charge in [0.2, 0.25) is 0 Å². The largest absolute Gasteiger partial charge is 0.390 e. The fourth-order valence-electron chi connectivity index (χ4n) is 2.38. The summed E-state index contributed by atoms with van der Waals surface area (Å²) in [6, 6.07) is 0. The van der Waals surface area contributed by atoms with Gasteiger partial charge in [-0.2, -0.15) is 13.2 Å². The average molecular weight is 294 g/mol. The summed E-state index contributed by atoms with van der Waals surface area (Å²) < 4.78 is 36.2. The van der Waals surface area contributed by atoms with Crippen molar-refractivity contribution >= 4 is 5.96 Å². The molecular formula is C13H25F3N4. The van der Waals surface area contributed by atoms with E-state index in [1.54, 1.807) is 7.05 Å². The maximum Gasteiger partial charge on any atom is 0.390 e. The van der Waals surface area contributed by atoms with Crippen molar-refractivity contribution in [3.63, 3.8) is 0 Å². The SMILES string of the molecule is CCCN1CCC(CNC(=NC)NCCC(F)(F)F)C1. The minimum Gasteiger partial charge on any atom is -0.356 e. The predicted octanol–water partition coefficient (Wildman–Crippen LogP) is 1.84. The van der Waals surface area contributed by atoms with Crippen LogP contribution >= 0.6 is 0 Å². The molecule has 1 aliphatic heterocycles. The topological polar surface area (TPSA) is 39.7 Å². The van der Waals surface area contributed by atoms with Crippen LogP contribution in [0.5, 0.6) is 0 Å². The van der Waals surface area contributed by atoms with E-state index in [4.69, 9.17) is 0 Å². The minimum atomic E-state index is -4.13. The smallest absolute Gasteiger partial charge is 0.356 e. The van der Waals surface area contributed by atoms with Crippen molar-refractivity contribution in [1.29, 1.82) is 0 Å². The highest BCUT2D eigenvalue weighted by molar-refractivity contribution is 5.79. The van der Waals surface area contributed by atoms with Gasteiger partial charge >= 0.3 is 6.18 Å². The Morgan fingerprint density at radius 1 is 1.35 bits per heavy atom. The summed E-state index contributed by atoms with van der Waals surface area (Å²) in [5.74, 6) is 0.992. The molecule has 7 heteroatoms. The van der Waals surface area contributed by atoms with Crippen LogP contribution in [0.15, 0.2) is 4.99 Å². The first-order valence-corrected chi connectivity index (χ1v) is 7.18. The van der Waals surface area contributed by atoms with Crippen molar-refractivity contribution in [2.45, 2.75) is 32.4 Å². The second-order valence-electron chi connectivity index (χ2n) is 5.20. The van der Waals surface area contributed by atoms with Crippen molar-refractivity contribution in [2.24, 2.45) is 10.9 Å². The fourth-order valence-corrected chi connectivity index (χ4v) is 2.38. The van der Waals surface area contributed by atoms with Gasteiger partial charge in [-0.3, -0.25) is 4.99 Å². The highest BCUT2D eigenvalue weighted by atomic mass is 19.4. The number of likely N-dealkylation sites (tertiary alicyclic amines) is 1. The molecule has 0 spiro atoms. The lowest BCUT2D eigenvalue weighted by atomic mass is 10.1. The Hall–Kier alpha value is -0.980. The van der Waals surface area contributed by atoms with Gasteiger partial charge in [0.15, 0.2) is 5.96 Å². The molecule has 0 saturated carbocycles. The van der Waals surface area contributed by atoms with E-state index in [0.29, 0.717) is 11.9 Å². The number of guanidine groups is 1. The summed E-state index contributed by atoms with van der Waals surface area (Å²) in [5.41, 5.74) is 0. The molecule has 20 heavy (non-hydrogen) atoms. The summed E-state index contributed by atoms with van der Waals surface area (Å²) in [6.07, 6.45) is -2.69. The Kier molecular flexibility index (Phi) is 7.12. The summed E-state index contributed by atoms with van der Waals surface area (Å²) >= 11 is 0. The number of hydrogen-bond acceptors (Lipinski definition) is 2. The van der Waals surface area contributed by atoms with Crippen LogP contribution in [0, 0.1) is 5.92 Å². The van der Waals surface area contributed by atoms with Gasteiger partial charge in [-0.1, -0.05) is 6.92 Å². The average Bonchev–Trinajstić information content (AvgIpc) is 2.80. The first kappa shape index (κ1) is 17.1. The number of nitrogens with zero attached hydrogens (tertiary/aromatic N) is 2. The standard InChI is InChI=1S/C13H25F3N4/c1-3-7-20-8-4-11(10-20)9-19-12(17-2)18-6-5-13(14,15)16/h11H,3-10H2,1-2H3,(H2,17,18,19). The Balaban J connectivity index is 2.19. The molecule has 0 aromatic carbocycles. The molecule has 1 aliphatic rings. The van der Waals surface area contributed by atoms with Crippen molar-refractivity contribution < 1.29 is 13.2 Å². The third-order valence-corrected chi connectivity index (χ3v) is 3.39. The molecule has 0 bridgehead atoms. The molecule has 4 nitrogen and oxygen atoms in total. The van der Waals surface area contributed by atoms with Crippen molar-refractivity contribution in [2.75, 3.05) is 39.8 Å². The zero-order chi connectivity index (χ0) is 15.0. The van der Waals surface area contributed by atoms with Gasteiger partial charge in [0, 0.05) is 26.7 Å². The van der Waals surface area contributed by atoms with Gasteiger partial charge in [-0.25, -0.2) is 0 Å². The third kappa shape index (κ3) is 6.98. The van der Waals surface area contributed by atoms with Gasteiger partial charge < -0.3 is 15.5 Å². The second kappa shape index (κ2) is 8.34. The number of nitrogens with one attached hydrogen (secondary N) is 2. The molecule has 1 saturated heterocycles. The van der Waals surface area contributed by atoms with Gasteiger partial charge in [-0.15, -0.1) is 0 Å². The molecule has 0 aliphatic carbocycles. The van der Waals surface area contributed by atoms with Crippen LogP contribution in [-0.2, 0) is 0 Å². The van der Waals surface area contributed by atoms with Gasteiger partial charge in [-0.05, 0) is 31.8 Å². The maximum absolute atomic E-state index is 12.1. The van der Waals surface area contributed by atoms with Crippen LogP contribution in [0.25, 0.3) is 0 Å². The van der Waals surface area contributed by atoms with Crippen LogP contribution < -0.4 is 10.6 Å². The van der Waals surface area contributed by atoms with Crippen LogP contribution in [-0.4, -0.2) is 56.8 Å². The first-order valence-electron chi connectivity index (χ1n) is 7.18. The van der Waals surface area contributed by atoms with Gasteiger partial charge in [0.25, 0.3) is 0 Å². The lowest BCUT2D eigenvalue weighted by Gasteiger charge is -2.17. The molecule has 0 aromatic heterocycles. The van der Waals surface area contributed by atoms with Crippen LogP contribution in [0.3, 0.4) is 0 Å². The quantitative estimate of drug-likeness (QED) is 0.580. The summed E-state index contributed by atoms with van der Waals surface area (Å²) in [6.45, 7) is 6.06. The molecule has 0 radical (unpaired) electrons. The zero-order valence-electron chi connectivity index (χ0n) is 12.3. The molecule has 1 heterocycles. The van der Waals surface area contributed by atoms with E-state index in [2.05, 4.69) is 27.4 Å². The lowest BCUT2D eigenvalue weighted by molar-refractivity contribution is -0.132. The van der Waals surface area contributed by atoms with E-state index < -0.39 is 12.6 Å². The van der Waals surface area contributed by atoms with E-state index in [0.717, 1.165) is 39.0 Å². The molecule has 118 valence electrons. The van der Waals surface area contributed by atoms with Gasteiger partial charge in [0.05, 0.1) is 6.42 Å². The Morgan fingerprint density at radius 2 is 2.10 bits per heavy atom. The molecule has 0 amide bonds. The second-order valence-corrected chi connectivity index (χ2v) is 5.20. The first-order chi connectivity index (χ1) is 9.44. The number of aliphatic imine (C=N–C) groups is 1. The van der Waals surface area contributed by atoms with Crippen LogP contribution in [0.4, 0.5) is 13.2 Å². The van der Waals surface area contributed by atoms with Crippen LogP contribution in [0.1, 0.15) is 26.2 Å². The zero-order valence-corrected chi connectivity index (χ0v) is 12.3. The fraction of sp³-hybridized carbons (Fsp3) is 0.923.